The first-order chi connectivity index (χ1) is 10.3. The Bertz CT molecular complexity index is 732. The van der Waals surface area contributed by atoms with Crippen LogP contribution in [0.4, 0.5) is 0 Å². The lowest BCUT2D eigenvalue weighted by Gasteiger charge is -2.21. The van der Waals surface area contributed by atoms with Gasteiger partial charge >= 0.3 is 0 Å². The lowest BCUT2D eigenvalue weighted by Crippen LogP contribution is -2.16. The van der Waals surface area contributed by atoms with Crippen LogP contribution in [0.2, 0.25) is 0 Å². The largest absolute Gasteiger partial charge is 0.486 e. The van der Waals surface area contributed by atoms with Gasteiger partial charge in [-0.3, -0.25) is 0 Å². The van der Waals surface area contributed by atoms with Gasteiger partial charge in [0.2, 0.25) is 0 Å². The summed E-state index contributed by atoms with van der Waals surface area (Å²) in [4.78, 5) is 0. The summed E-state index contributed by atoms with van der Waals surface area (Å²) in [6.07, 6.45) is 0. The number of benzene rings is 2. The minimum atomic E-state index is 0.367. The minimum Gasteiger partial charge on any atom is -0.486 e. The molecule has 0 atom stereocenters. The maximum absolute atomic E-state index is 9.45. The molecule has 0 fully saturated rings. The van der Waals surface area contributed by atoms with Crippen LogP contribution in [0.1, 0.15) is 11.1 Å². The molecule has 0 aromatic heterocycles. The lowest BCUT2D eigenvalue weighted by molar-refractivity contribution is 0.171. The summed E-state index contributed by atoms with van der Waals surface area (Å²) in [6, 6.07) is 17.0. The molecule has 0 unspecified atom stereocenters. The molecule has 0 saturated heterocycles. The molecular weight excluding hydrogens is 286 g/mol. The molecule has 0 saturated carbocycles. The molecule has 0 amide bonds. The Hall–Kier alpha value is -2.44. The topological polar surface area (TPSA) is 42.2 Å². The molecule has 3 rings (SSSR count). The van der Waals surface area contributed by atoms with Crippen molar-refractivity contribution in [2.24, 2.45) is 0 Å². The lowest BCUT2D eigenvalue weighted by atomic mass is 10.0. The predicted octanol–water partition coefficient (Wildman–Crippen LogP) is 4.09. The molecule has 0 bridgehead atoms. The van der Waals surface area contributed by atoms with Crippen LogP contribution in [0, 0.1) is 11.3 Å². The third-order valence-electron chi connectivity index (χ3n) is 3.20. The zero-order valence-electron chi connectivity index (χ0n) is 11.2. The van der Waals surface area contributed by atoms with E-state index in [0.717, 1.165) is 5.56 Å². The molecule has 1 aliphatic rings. The van der Waals surface area contributed by atoms with E-state index in [-0.39, 0.29) is 0 Å². The summed E-state index contributed by atoms with van der Waals surface area (Å²) in [6.45, 7) is 0.989. The zero-order chi connectivity index (χ0) is 14.7. The van der Waals surface area contributed by atoms with E-state index in [1.807, 2.05) is 48.5 Å². The Labute approximate surface area is 128 Å². The minimum absolute atomic E-state index is 0.367. The van der Waals surface area contributed by atoms with E-state index in [2.05, 4.69) is 6.07 Å². The van der Waals surface area contributed by atoms with Gasteiger partial charge in [-0.05, 0) is 17.7 Å². The van der Waals surface area contributed by atoms with Crippen molar-refractivity contribution in [3.63, 3.8) is 0 Å². The second kappa shape index (κ2) is 5.90. The summed E-state index contributed by atoms with van der Waals surface area (Å²) in [5, 5.41) is 9.82. The number of fused-ring (bicyclic) bond motifs is 1. The molecule has 0 spiro atoms. The number of nitrogens with zero attached hydrogens (tertiary/aromatic N) is 1. The van der Waals surface area contributed by atoms with Crippen LogP contribution in [-0.2, 0) is 0 Å². The molecule has 0 N–H and O–H groups in total. The molecule has 2 aromatic rings. The number of para-hydroxylation sites is 1. The second-order valence-corrected chi connectivity index (χ2v) is 4.87. The first kappa shape index (κ1) is 13.5. The van der Waals surface area contributed by atoms with Gasteiger partial charge in [0, 0.05) is 5.56 Å². The summed E-state index contributed by atoms with van der Waals surface area (Å²) in [5.41, 5.74) is 1.87. The van der Waals surface area contributed by atoms with Crippen LogP contribution in [-0.4, -0.2) is 13.2 Å². The van der Waals surface area contributed by atoms with Crippen LogP contribution in [0.3, 0.4) is 0 Å². The molecule has 0 aliphatic carbocycles. The summed E-state index contributed by atoms with van der Waals surface area (Å²) < 4.78 is 11.2. The third kappa shape index (κ3) is 2.58. The number of allylic oxidation sites excluding steroid dienone is 1. The molecule has 1 aliphatic heterocycles. The van der Waals surface area contributed by atoms with Gasteiger partial charge in [-0.2, -0.15) is 5.26 Å². The van der Waals surface area contributed by atoms with Gasteiger partial charge in [-0.25, -0.2) is 0 Å². The fourth-order valence-electron chi connectivity index (χ4n) is 2.23. The van der Waals surface area contributed by atoms with Gasteiger partial charge in [0.1, 0.15) is 19.3 Å². The Kier molecular flexibility index (Phi) is 3.81. The van der Waals surface area contributed by atoms with E-state index in [1.165, 1.54) is 0 Å². The highest BCUT2D eigenvalue weighted by atomic mass is 35.5. The second-order valence-electron chi connectivity index (χ2n) is 4.50. The van der Waals surface area contributed by atoms with Gasteiger partial charge in [-0.1, -0.05) is 48.0 Å². The van der Waals surface area contributed by atoms with Crippen molar-refractivity contribution >= 4 is 22.2 Å². The van der Waals surface area contributed by atoms with Crippen molar-refractivity contribution in [2.45, 2.75) is 0 Å². The monoisotopic (exact) mass is 297 g/mol. The molecule has 4 heteroatoms. The Morgan fingerprint density at radius 2 is 1.76 bits per heavy atom. The van der Waals surface area contributed by atoms with E-state index in [4.69, 9.17) is 21.1 Å². The standard InChI is InChI=1S/C17H12ClNO2/c18-16(14(11-19)12-5-2-1-3-6-12)13-7-4-8-15-17(13)21-10-9-20-15/h1-8H,9-10H2. The Balaban J connectivity index is 2.15. The Morgan fingerprint density at radius 1 is 1.00 bits per heavy atom. The van der Waals surface area contributed by atoms with E-state index >= 15 is 0 Å². The highest BCUT2D eigenvalue weighted by Crippen LogP contribution is 2.41. The SMILES string of the molecule is N#CC(=C(Cl)c1cccc2c1OCCO2)c1ccccc1. The molecule has 21 heavy (non-hydrogen) atoms. The van der Waals surface area contributed by atoms with Crippen molar-refractivity contribution in [1.29, 1.82) is 5.26 Å². The third-order valence-corrected chi connectivity index (χ3v) is 3.59. The van der Waals surface area contributed by atoms with Crippen LogP contribution >= 0.6 is 11.6 Å². The summed E-state index contributed by atoms with van der Waals surface area (Å²) >= 11 is 6.47. The fraction of sp³-hybridized carbons (Fsp3) is 0.118. The van der Waals surface area contributed by atoms with E-state index in [9.17, 15) is 5.26 Å². The van der Waals surface area contributed by atoms with Gasteiger partial charge in [0.05, 0.1) is 10.6 Å². The molecule has 104 valence electrons. The fourth-order valence-corrected chi connectivity index (χ4v) is 2.53. The first-order valence-electron chi connectivity index (χ1n) is 6.55. The normalized spacial score (nSPS) is 14.1. The highest BCUT2D eigenvalue weighted by Gasteiger charge is 2.20. The van der Waals surface area contributed by atoms with Crippen molar-refractivity contribution in [3.8, 4) is 17.6 Å². The molecule has 1 heterocycles. The van der Waals surface area contributed by atoms with Gasteiger partial charge in [0.25, 0.3) is 0 Å². The van der Waals surface area contributed by atoms with Crippen LogP contribution in [0.5, 0.6) is 11.5 Å². The van der Waals surface area contributed by atoms with E-state index in [0.29, 0.717) is 40.9 Å². The highest BCUT2D eigenvalue weighted by molar-refractivity contribution is 6.53. The van der Waals surface area contributed by atoms with Crippen molar-refractivity contribution < 1.29 is 9.47 Å². The number of rotatable bonds is 2. The number of nitriles is 1. The molecule has 3 nitrogen and oxygen atoms in total. The quantitative estimate of drug-likeness (QED) is 0.619. The van der Waals surface area contributed by atoms with Crippen molar-refractivity contribution in [1.82, 2.24) is 0 Å². The average molecular weight is 298 g/mol. The number of hydrogen-bond donors (Lipinski definition) is 0. The Morgan fingerprint density at radius 3 is 2.52 bits per heavy atom. The number of hydrogen-bond acceptors (Lipinski definition) is 3. The van der Waals surface area contributed by atoms with Crippen molar-refractivity contribution in [2.75, 3.05) is 13.2 Å². The molecular formula is C17H12ClNO2. The van der Waals surface area contributed by atoms with Crippen LogP contribution in [0.15, 0.2) is 48.5 Å². The summed E-state index contributed by atoms with van der Waals surface area (Å²) in [7, 11) is 0. The number of ether oxygens (including phenoxy) is 2. The average Bonchev–Trinajstić information content (AvgIpc) is 2.56. The van der Waals surface area contributed by atoms with Gasteiger partial charge in [-0.15, -0.1) is 0 Å². The smallest absolute Gasteiger partial charge is 0.170 e. The zero-order valence-corrected chi connectivity index (χ0v) is 11.9. The van der Waals surface area contributed by atoms with E-state index < -0.39 is 0 Å². The maximum Gasteiger partial charge on any atom is 0.170 e. The maximum atomic E-state index is 9.45. The van der Waals surface area contributed by atoms with Gasteiger partial charge in [0.15, 0.2) is 11.5 Å². The number of halogens is 1. The predicted molar refractivity (Wildman–Crippen MR) is 82.2 cm³/mol. The summed E-state index contributed by atoms with van der Waals surface area (Å²) in [5.74, 6) is 1.25. The van der Waals surface area contributed by atoms with Crippen LogP contribution < -0.4 is 9.47 Å². The van der Waals surface area contributed by atoms with Gasteiger partial charge < -0.3 is 9.47 Å². The first-order valence-corrected chi connectivity index (χ1v) is 6.93. The molecule has 2 aromatic carbocycles. The van der Waals surface area contributed by atoms with Crippen molar-refractivity contribution in [3.05, 3.63) is 59.7 Å². The van der Waals surface area contributed by atoms with Crippen LogP contribution in [0.25, 0.3) is 10.6 Å². The molecule has 0 radical (unpaired) electrons. The van der Waals surface area contributed by atoms with E-state index in [1.54, 1.807) is 0 Å².